The van der Waals surface area contributed by atoms with Crippen LogP contribution in [0.25, 0.3) is 0 Å². The number of halogens is 1. The van der Waals surface area contributed by atoms with Crippen LogP contribution in [0.3, 0.4) is 0 Å². The maximum Gasteiger partial charge on any atom is 0.226 e. The molecule has 14 heavy (non-hydrogen) atoms. The monoisotopic (exact) mass is 274 g/mol. The van der Waals surface area contributed by atoms with Gasteiger partial charge in [-0.25, -0.2) is 4.98 Å². The minimum atomic E-state index is 0.00458. The second-order valence-corrected chi connectivity index (χ2v) is 4.43. The van der Waals surface area contributed by atoms with E-state index in [0.29, 0.717) is 12.2 Å². The molecule has 1 amide bonds. The third-order valence-electron chi connectivity index (χ3n) is 1.52. The van der Waals surface area contributed by atoms with E-state index in [2.05, 4.69) is 26.2 Å². The number of thioether (sulfide) groups is 1. The highest BCUT2D eigenvalue weighted by atomic mass is 79.9. The van der Waals surface area contributed by atoms with Crippen molar-refractivity contribution in [2.75, 3.05) is 17.3 Å². The smallest absolute Gasteiger partial charge is 0.226 e. The van der Waals surface area contributed by atoms with E-state index in [4.69, 9.17) is 0 Å². The molecule has 0 aliphatic carbocycles. The normalized spacial score (nSPS) is 9.86. The van der Waals surface area contributed by atoms with Gasteiger partial charge in [0.05, 0.1) is 0 Å². The molecule has 0 aromatic carbocycles. The van der Waals surface area contributed by atoms with E-state index in [9.17, 15) is 4.79 Å². The highest BCUT2D eigenvalue weighted by molar-refractivity contribution is 9.10. The first-order chi connectivity index (χ1) is 6.72. The van der Waals surface area contributed by atoms with Crippen LogP contribution in [0.1, 0.15) is 6.42 Å². The lowest BCUT2D eigenvalue weighted by Gasteiger charge is -2.03. The lowest BCUT2D eigenvalue weighted by atomic mass is 10.4. The summed E-state index contributed by atoms with van der Waals surface area (Å²) in [4.78, 5) is 15.4. The average Bonchev–Trinajstić information content (AvgIpc) is 2.15. The molecule has 0 saturated heterocycles. The minimum Gasteiger partial charge on any atom is -0.311 e. The standard InChI is InChI=1S/C9H11BrN2OS/c1-14-6-5-9(13)12-8-4-2-3-7(10)11-8/h2-4H,5-6H2,1H3,(H,11,12,13). The second kappa shape index (κ2) is 6.03. The predicted molar refractivity (Wildman–Crippen MR) is 63.6 cm³/mol. The Bertz CT molecular complexity index is 319. The molecule has 1 aromatic heterocycles. The highest BCUT2D eigenvalue weighted by Gasteiger charge is 2.02. The third kappa shape index (κ3) is 4.11. The number of nitrogens with one attached hydrogen (secondary N) is 1. The number of nitrogens with zero attached hydrogens (tertiary/aromatic N) is 1. The summed E-state index contributed by atoms with van der Waals surface area (Å²) < 4.78 is 0.722. The first kappa shape index (κ1) is 11.5. The van der Waals surface area contributed by atoms with Gasteiger partial charge in [0.2, 0.25) is 5.91 Å². The third-order valence-corrected chi connectivity index (χ3v) is 2.57. The van der Waals surface area contributed by atoms with Gasteiger partial charge in [-0.15, -0.1) is 0 Å². The molecule has 0 aliphatic rings. The number of carbonyl (C=O) groups is 1. The zero-order valence-electron chi connectivity index (χ0n) is 7.79. The molecule has 1 aromatic rings. The molecule has 1 rings (SSSR count). The van der Waals surface area contributed by atoms with E-state index in [-0.39, 0.29) is 5.91 Å². The topological polar surface area (TPSA) is 42.0 Å². The van der Waals surface area contributed by atoms with Crippen LogP contribution >= 0.6 is 27.7 Å². The van der Waals surface area contributed by atoms with Gasteiger partial charge >= 0.3 is 0 Å². The van der Waals surface area contributed by atoms with Crippen LogP contribution in [-0.4, -0.2) is 22.9 Å². The number of amides is 1. The summed E-state index contributed by atoms with van der Waals surface area (Å²) in [6.45, 7) is 0. The van der Waals surface area contributed by atoms with E-state index in [0.717, 1.165) is 10.4 Å². The summed E-state index contributed by atoms with van der Waals surface area (Å²) in [5.41, 5.74) is 0. The largest absolute Gasteiger partial charge is 0.311 e. The molecular formula is C9H11BrN2OS. The van der Waals surface area contributed by atoms with Crippen LogP contribution in [0.2, 0.25) is 0 Å². The van der Waals surface area contributed by atoms with Gasteiger partial charge < -0.3 is 5.32 Å². The van der Waals surface area contributed by atoms with Gasteiger partial charge in [-0.05, 0) is 34.3 Å². The fraction of sp³-hybridized carbons (Fsp3) is 0.333. The first-order valence-electron chi connectivity index (χ1n) is 4.13. The van der Waals surface area contributed by atoms with Crippen molar-refractivity contribution in [3.8, 4) is 0 Å². The van der Waals surface area contributed by atoms with Crippen molar-refractivity contribution in [2.24, 2.45) is 0 Å². The van der Waals surface area contributed by atoms with Gasteiger partial charge in [0, 0.05) is 12.2 Å². The zero-order chi connectivity index (χ0) is 10.4. The molecule has 3 nitrogen and oxygen atoms in total. The Morgan fingerprint density at radius 2 is 2.43 bits per heavy atom. The van der Waals surface area contributed by atoms with Crippen molar-refractivity contribution in [2.45, 2.75) is 6.42 Å². The molecule has 1 N–H and O–H groups in total. The Labute approximate surface area is 95.8 Å². The van der Waals surface area contributed by atoms with Gasteiger partial charge in [-0.3, -0.25) is 4.79 Å². The number of carbonyl (C=O) groups excluding carboxylic acids is 1. The number of rotatable bonds is 4. The summed E-state index contributed by atoms with van der Waals surface area (Å²) in [5.74, 6) is 1.43. The maximum absolute atomic E-state index is 11.3. The van der Waals surface area contributed by atoms with E-state index in [1.54, 1.807) is 17.8 Å². The van der Waals surface area contributed by atoms with Crippen molar-refractivity contribution in [1.29, 1.82) is 0 Å². The van der Waals surface area contributed by atoms with Crippen molar-refractivity contribution < 1.29 is 4.79 Å². The van der Waals surface area contributed by atoms with Crippen LogP contribution in [-0.2, 0) is 4.79 Å². The molecule has 0 radical (unpaired) electrons. The van der Waals surface area contributed by atoms with Crippen LogP contribution in [0, 0.1) is 0 Å². The van der Waals surface area contributed by atoms with E-state index in [1.807, 2.05) is 18.4 Å². The Morgan fingerprint density at radius 1 is 1.64 bits per heavy atom. The molecule has 0 atom stereocenters. The summed E-state index contributed by atoms with van der Waals surface area (Å²) >= 11 is 4.89. The average molecular weight is 275 g/mol. The van der Waals surface area contributed by atoms with Crippen LogP contribution in [0.15, 0.2) is 22.8 Å². The molecule has 0 fully saturated rings. The Morgan fingerprint density at radius 3 is 3.07 bits per heavy atom. The van der Waals surface area contributed by atoms with E-state index in [1.165, 1.54) is 0 Å². The summed E-state index contributed by atoms with van der Waals surface area (Å²) in [6.07, 6.45) is 2.50. The number of hydrogen-bond donors (Lipinski definition) is 1. The van der Waals surface area contributed by atoms with Crippen molar-refractivity contribution in [3.63, 3.8) is 0 Å². The maximum atomic E-state index is 11.3. The lowest BCUT2D eigenvalue weighted by molar-refractivity contribution is -0.115. The quantitative estimate of drug-likeness (QED) is 0.858. The van der Waals surface area contributed by atoms with E-state index < -0.39 is 0 Å². The number of hydrogen-bond acceptors (Lipinski definition) is 3. The summed E-state index contributed by atoms with van der Waals surface area (Å²) in [6, 6.07) is 5.42. The molecule has 0 bridgehead atoms. The molecule has 1 heterocycles. The first-order valence-corrected chi connectivity index (χ1v) is 6.32. The predicted octanol–water partition coefficient (Wildman–Crippen LogP) is 2.54. The van der Waals surface area contributed by atoms with E-state index >= 15 is 0 Å². The second-order valence-electron chi connectivity index (χ2n) is 2.64. The summed E-state index contributed by atoms with van der Waals surface area (Å²) in [7, 11) is 0. The van der Waals surface area contributed by atoms with Crippen LogP contribution in [0.4, 0.5) is 5.82 Å². The molecule has 0 aliphatic heterocycles. The molecule has 0 saturated carbocycles. The zero-order valence-corrected chi connectivity index (χ0v) is 10.2. The van der Waals surface area contributed by atoms with Crippen LogP contribution in [0.5, 0.6) is 0 Å². The molecular weight excluding hydrogens is 264 g/mol. The Kier molecular flexibility index (Phi) is 4.97. The van der Waals surface area contributed by atoms with Crippen molar-refractivity contribution >= 4 is 39.4 Å². The lowest BCUT2D eigenvalue weighted by Crippen LogP contribution is -2.13. The van der Waals surface area contributed by atoms with Gasteiger partial charge in [0.25, 0.3) is 0 Å². The molecule has 0 unspecified atom stereocenters. The number of aromatic nitrogens is 1. The number of pyridine rings is 1. The van der Waals surface area contributed by atoms with Gasteiger partial charge in [-0.1, -0.05) is 6.07 Å². The Balaban J connectivity index is 2.47. The fourth-order valence-corrected chi connectivity index (χ4v) is 1.61. The Hall–Kier alpha value is -0.550. The SMILES string of the molecule is CSCCC(=O)Nc1cccc(Br)n1. The van der Waals surface area contributed by atoms with Gasteiger partial charge in [-0.2, -0.15) is 11.8 Å². The van der Waals surface area contributed by atoms with Crippen LogP contribution < -0.4 is 5.32 Å². The van der Waals surface area contributed by atoms with Crippen molar-refractivity contribution in [1.82, 2.24) is 4.98 Å². The molecule has 76 valence electrons. The molecule has 0 spiro atoms. The molecule has 5 heteroatoms. The number of anilines is 1. The highest BCUT2D eigenvalue weighted by Crippen LogP contribution is 2.10. The fourth-order valence-electron chi connectivity index (χ4n) is 0.878. The van der Waals surface area contributed by atoms with Gasteiger partial charge in [0.1, 0.15) is 10.4 Å². The van der Waals surface area contributed by atoms with Gasteiger partial charge in [0.15, 0.2) is 0 Å². The van der Waals surface area contributed by atoms with Crippen molar-refractivity contribution in [3.05, 3.63) is 22.8 Å². The minimum absolute atomic E-state index is 0.00458. The summed E-state index contributed by atoms with van der Waals surface area (Å²) in [5, 5.41) is 2.72.